The molecule has 4 N–H and O–H groups in total. The predicted molar refractivity (Wildman–Crippen MR) is 162 cm³/mol. The number of fused-ring (bicyclic) bond motifs is 6. The monoisotopic (exact) mass is 576 g/mol. The molecule has 0 bridgehead atoms. The third kappa shape index (κ3) is 5.04. The maximum absolute atomic E-state index is 13.6. The fourth-order valence-corrected chi connectivity index (χ4v) is 6.36. The van der Waals surface area contributed by atoms with Gasteiger partial charge in [0.25, 0.3) is 0 Å². The molecule has 218 valence electrons. The van der Waals surface area contributed by atoms with Crippen LogP contribution in [0.1, 0.15) is 46.9 Å². The van der Waals surface area contributed by atoms with Crippen molar-refractivity contribution in [3.05, 3.63) is 119 Å². The van der Waals surface area contributed by atoms with E-state index >= 15 is 0 Å². The van der Waals surface area contributed by atoms with Gasteiger partial charge in [-0.05, 0) is 63.9 Å². The summed E-state index contributed by atoms with van der Waals surface area (Å²) in [4.78, 5) is 39.4. The number of hydrogen-bond donors (Lipinski definition) is 3. The lowest BCUT2D eigenvalue weighted by Gasteiger charge is -2.29. The van der Waals surface area contributed by atoms with Crippen molar-refractivity contribution in [3.63, 3.8) is 0 Å². The highest BCUT2D eigenvalue weighted by Crippen LogP contribution is 2.45. The van der Waals surface area contributed by atoms with Crippen LogP contribution in [0.5, 0.6) is 0 Å². The Morgan fingerprint density at radius 2 is 1.07 bits per heavy atom. The van der Waals surface area contributed by atoms with Crippen LogP contribution in [-0.2, 0) is 19.1 Å². The molecule has 0 saturated carbocycles. The van der Waals surface area contributed by atoms with Gasteiger partial charge in [-0.15, -0.1) is 0 Å². The fraction of sp³-hybridized carbons (Fsp3) is 0.229. The molecule has 8 heteroatoms. The molecule has 0 heterocycles. The molecule has 2 aliphatic rings. The number of carbonyl (C=O) groups excluding carboxylic acids is 2. The summed E-state index contributed by atoms with van der Waals surface area (Å²) in [6, 6.07) is 31.5. The number of esters is 1. The van der Waals surface area contributed by atoms with Crippen molar-refractivity contribution in [1.29, 1.82) is 0 Å². The Morgan fingerprint density at radius 3 is 1.47 bits per heavy atom. The average Bonchev–Trinajstić information content (AvgIpc) is 3.53. The quantitative estimate of drug-likeness (QED) is 0.169. The van der Waals surface area contributed by atoms with Gasteiger partial charge in [0.1, 0.15) is 13.2 Å². The summed E-state index contributed by atoms with van der Waals surface area (Å²) in [6.07, 6.45) is -1.10. The normalized spacial score (nSPS) is 14.5. The van der Waals surface area contributed by atoms with E-state index in [1.54, 1.807) is 0 Å². The Balaban J connectivity index is 1.19. The number of carboxylic acids is 1. The SMILES string of the molecule is NCCC[C@@](NC(=O)OCC1c2ccccc2-c2ccccc21)(C(=O)O)C(=O)OCC1c2ccccc2-c2ccccc21. The van der Waals surface area contributed by atoms with Crippen LogP contribution < -0.4 is 11.1 Å². The van der Waals surface area contributed by atoms with E-state index in [2.05, 4.69) is 5.32 Å². The van der Waals surface area contributed by atoms with Crippen LogP contribution in [0.25, 0.3) is 22.3 Å². The molecular weight excluding hydrogens is 544 g/mol. The molecule has 1 amide bonds. The van der Waals surface area contributed by atoms with Crippen LogP contribution in [0.3, 0.4) is 0 Å². The molecule has 0 radical (unpaired) electrons. The zero-order valence-corrected chi connectivity index (χ0v) is 23.5. The number of rotatable bonds is 10. The zero-order valence-electron chi connectivity index (χ0n) is 23.5. The Labute approximate surface area is 249 Å². The molecule has 0 spiro atoms. The molecule has 0 aromatic heterocycles. The van der Waals surface area contributed by atoms with Crippen LogP contribution >= 0.6 is 0 Å². The first kappa shape index (κ1) is 28.2. The Morgan fingerprint density at radius 1 is 0.674 bits per heavy atom. The molecule has 4 aromatic rings. The second-order valence-electron chi connectivity index (χ2n) is 10.9. The standard InChI is InChI=1S/C35H32N2O6/c36-19-9-18-35(32(38)39,33(40)42-20-30-26-14-5-1-10-22(26)23-11-2-6-15-27(23)30)37-34(41)43-21-31-28-16-7-3-12-24(28)25-13-4-8-17-29(25)31/h1-8,10-17,30-31H,9,18-21,36H2,(H,37,41)(H,38,39)/t35-/m1/s1. The van der Waals surface area contributed by atoms with Crippen LogP contribution in [0.2, 0.25) is 0 Å². The molecule has 8 nitrogen and oxygen atoms in total. The lowest BCUT2D eigenvalue weighted by molar-refractivity contribution is -0.163. The van der Waals surface area contributed by atoms with Crippen molar-refractivity contribution >= 4 is 18.0 Å². The summed E-state index contributed by atoms with van der Waals surface area (Å²) in [6.45, 7) is 0.00603. The van der Waals surface area contributed by atoms with Crippen LogP contribution in [0.15, 0.2) is 97.1 Å². The number of amides is 1. The molecule has 0 fully saturated rings. The highest BCUT2D eigenvalue weighted by molar-refractivity contribution is 6.06. The number of alkyl carbamates (subject to hydrolysis) is 1. The topological polar surface area (TPSA) is 128 Å². The Bertz CT molecular complexity index is 1610. The van der Waals surface area contributed by atoms with Gasteiger partial charge < -0.3 is 20.3 Å². The molecule has 43 heavy (non-hydrogen) atoms. The predicted octanol–water partition coefficient (Wildman–Crippen LogP) is 5.44. The first-order valence-corrected chi connectivity index (χ1v) is 14.4. The number of ether oxygens (including phenoxy) is 2. The molecule has 0 aliphatic heterocycles. The first-order chi connectivity index (χ1) is 20.9. The van der Waals surface area contributed by atoms with Crippen LogP contribution in [0.4, 0.5) is 4.79 Å². The largest absolute Gasteiger partial charge is 0.479 e. The van der Waals surface area contributed by atoms with Crippen molar-refractivity contribution in [2.24, 2.45) is 5.73 Å². The third-order valence-electron chi connectivity index (χ3n) is 8.47. The Hall–Kier alpha value is -4.95. The minimum Gasteiger partial charge on any atom is -0.479 e. The van der Waals surface area contributed by atoms with Crippen LogP contribution in [-0.4, -0.2) is 48.4 Å². The lowest BCUT2D eigenvalue weighted by Crippen LogP contribution is -2.61. The lowest BCUT2D eigenvalue weighted by atomic mass is 9.93. The third-order valence-corrected chi connectivity index (χ3v) is 8.47. The fourth-order valence-electron chi connectivity index (χ4n) is 6.36. The second kappa shape index (κ2) is 11.7. The van der Waals surface area contributed by atoms with Gasteiger partial charge >= 0.3 is 18.0 Å². The second-order valence-corrected chi connectivity index (χ2v) is 10.9. The van der Waals surface area contributed by atoms with Gasteiger partial charge in [-0.1, -0.05) is 97.1 Å². The molecule has 6 rings (SSSR count). The molecule has 2 aliphatic carbocycles. The number of carbonyl (C=O) groups is 3. The molecule has 0 saturated heterocycles. The number of nitrogens with one attached hydrogen (secondary N) is 1. The molecule has 0 unspecified atom stereocenters. The van der Waals surface area contributed by atoms with Gasteiger partial charge in [-0.2, -0.15) is 0 Å². The van der Waals surface area contributed by atoms with E-state index in [9.17, 15) is 19.5 Å². The van der Waals surface area contributed by atoms with E-state index in [4.69, 9.17) is 15.2 Å². The Kier molecular flexibility index (Phi) is 7.69. The van der Waals surface area contributed by atoms with Crippen molar-refractivity contribution in [2.45, 2.75) is 30.2 Å². The van der Waals surface area contributed by atoms with Gasteiger partial charge in [-0.3, -0.25) is 5.32 Å². The summed E-state index contributed by atoms with van der Waals surface area (Å²) in [5.74, 6) is -3.10. The van der Waals surface area contributed by atoms with Crippen molar-refractivity contribution in [3.8, 4) is 22.3 Å². The van der Waals surface area contributed by atoms with Crippen molar-refractivity contribution in [2.75, 3.05) is 19.8 Å². The number of benzene rings is 4. The van der Waals surface area contributed by atoms with Gasteiger partial charge in [0.15, 0.2) is 0 Å². The van der Waals surface area contributed by atoms with Gasteiger partial charge in [0.2, 0.25) is 5.54 Å². The summed E-state index contributed by atoms with van der Waals surface area (Å²) < 4.78 is 11.3. The molecular formula is C35H32N2O6. The minimum absolute atomic E-state index is 0.0306. The smallest absolute Gasteiger partial charge is 0.408 e. The maximum Gasteiger partial charge on any atom is 0.408 e. The summed E-state index contributed by atoms with van der Waals surface area (Å²) in [5.41, 5.74) is 11.6. The molecule has 1 atom stereocenters. The highest BCUT2D eigenvalue weighted by Gasteiger charge is 2.50. The van der Waals surface area contributed by atoms with E-state index in [0.29, 0.717) is 0 Å². The van der Waals surface area contributed by atoms with E-state index in [-0.39, 0.29) is 44.4 Å². The molecule has 4 aromatic carbocycles. The van der Waals surface area contributed by atoms with Crippen molar-refractivity contribution in [1.82, 2.24) is 5.32 Å². The highest BCUT2D eigenvalue weighted by atomic mass is 16.6. The van der Waals surface area contributed by atoms with Gasteiger partial charge in [-0.25, -0.2) is 14.4 Å². The maximum atomic E-state index is 13.6. The minimum atomic E-state index is -2.36. The number of hydrogen-bond acceptors (Lipinski definition) is 6. The average molecular weight is 577 g/mol. The zero-order chi connectivity index (χ0) is 30.0. The summed E-state index contributed by atoms with van der Waals surface area (Å²) in [5, 5.41) is 12.7. The first-order valence-electron chi connectivity index (χ1n) is 14.4. The summed E-state index contributed by atoms with van der Waals surface area (Å²) in [7, 11) is 0. The number of aliphatic carboxylic acids is 1. The van der Waals surface area contributed by atoms with Gasteiger partial charge in [0, 0.05) is 11.8 Å². The van der Waals surface area contributed by atoms with Crippen molar-refractivity contribution < 1.29 is 29.0 Å². The van der Waals surface area contributed by atoms with E-state index in [0.717, 1.165) is 44.5 Å². The van der Waals surface area contributed by atoms with Crippen LogP contribution in [0, 0.1) is 0 Å². The van der Waals surface area contributed by atoms with E-state index in [1.165, 1.54) is 0 Å². The van der Waals surface area contributed by atoms with Gasteiger partial charge in [0.05, 0.1) is 0 Å². The van der Waals surface area contributed by atoms with E-state index < -0.39 is 23.6 Å². The summed E-state index contributed by atoms with van der Waals surface area (Å²) >= 11 is 0. The number of carboxylic acid groups (broad SMARTS) is 1. The number of nitrogens with two attached hydrogens (primary N) is 1. The van der Waals surface area contributed by atoms with E-state index in [1.807, 2.05) is 97.1 Å².